The minimum atomic E-state index is -1.06. The quantitative estimate of drug-likeness (QED) is 0.646. The smallest absolute Gasteiger partial charge is 0.352 e. The second-order valence-electron chi connectivity index (χ2n) is 2.95. The van der Waals surface area contributed by atoms with Crippen molar-refractivity contribution < 1.29 is 9.90 Å². The maximum Gasteiger partial charge on any atom is 0.352 e. The molecule has 16 heavy (non-hydrogen) atoms. The van der Waals surface area contributed by atoms with Crippen molar-refractivity contribution in [3.8, 4) is 0 Å². The van der Waals surface area contributed by atoms with E-state index in [4.69, 9.17) is 28.3 Å². The Bertz CT molecular complexity index is 433. The first-order chi connectivity index (χ1) is 7.54. The van der Waals surface area contributed by atoms with Crippen LogP contribution in [0.2, 0.25) is 10.0 Å². The van der Waals surface area contributed by atoms with Gasteiger partial charge in [0.1, 0.15) is 5.71 Å². The average molecular weight is 261 g/mol. The van der Waals surface area contributed by atoms with Gasteiger partial charge < -0.3 is 5.11 Å². The van der Waals surface area contributed by atoms with Gasteiger partial charge in [0.2, 0.25) is 0 Å². The molecule has 0 spiro atoms. The van der Waals surface area contributed by atoms with Gasteiger partial charge >= 0.3 is 5.97 Å². The van der Waals surface area contributed by atoms with Crippen LogP contribution in [0.5, 0.6) is 0 Å². The molecule has 1 rings (SSSR count). The minimum Gasteiger partial charge on any atom is -0.477 e. The zero-order valence-electron chi connectivity index (χ0n) is 8.50. The lowest BCUT2D eigenvalue weighted by Crippen LogP contribution is -2.13. The summed E-state index contributed by atoms with van der Waals surface area (Å²) in [5.41, 5.74) is 3.07. The second kappa shape index (κ2) is 5.72. The number of hydrazone groups is 1. The van der Waals surface area contributed by atoms with E-state index >= 15 is 0 Å². The number of benzene rings is 1. The fraction of sp³-hybridized carbons (Fsp3) is 0.200. The van der Waals surface area contributed by atoms with Crippen LogP contribution in [0, 0.1) is 0 Å². The molecule has 1 aromatic rings. The van der Waals surface area contributed by atoms with Crippen LogP contribution in [0.15, 0.2) is 23.3 Å². The Morgan fingerprint density at radius 2 is 2.19 bits per heavy atom. The molecule has 0 heterocycles. The summed E-state index contributed by atoms with van der Waals surface area (Å²) in [5, 5.41) is 13.4. The predicted octanol–water partition coefficient (Wildman–Crippen LogP) is 3.26. The molecular weight excluding hydrogens is 251 g/mol. The fourth-order valence-electron chi connectivity index (χ4n) is 0.989. The van der Waals surface area contributed by atoms with Crippen LogP contribution in [-0.2, 0) is 4.79 Å². The van der Waals surface area contributed by atoms with E-state index in [1.807, 2.05) is 0 Å². The number of carboxylic acid groups (broad SMARTS) is 1. The standard InChI is InChI=1S/C10H10Cl2N2O2/c1-2-8(10(15)16)13-14-9-5-6(11)3-4-7(9)12/h3-5,14H,2H2,1H3,(H,15,16)/b13-8+. The van der Waals surface area contributed by atoms with Gasteiger partial charge in [0, 0.05) is 5.02 Å². The summed E-state index contributed by atoms with van der Waals surface area (Å²) in [6.07, 6.45) is 0.320. The summed E-state index contributed by atoms with van der Waals surface area (Å²) in [6.45, 7) is 1.70. The summed E-state index contributed by atoms with van der Waals surface area (Å²) in [6, 6.07) is 4.81. The SMILES string of the molecule is CC/C(=N\Nc1cc(Cl)ccc1Cl)C(=O)O. The number of carbonyl (C=O) groups is 1. The van der Waals surface area contributed by atoms with Gasteiger partial charge in [-0.1, -0.05) is 30.1 Å². The molecule has 0 unspecified atom stereocenters. The lowest BCUT2D eigenvalue weighted by molar-refractivity contribution is -0.129. The Balaban J connectivity index is 2.88. The average Bonchev–Trinajstić information content (AvgIpc) is 2.23. The molecule has 0 fully saturated rings. The topological polar surface area (TPSA) is 61.7 Å². The molecule has 0 aliphatic rings. The largest absolute Gasteiger partial charge is 0.477 e. The number of halogens is 2. The molecule has 6 heteroatoms. The van der Waals surface area contributed by atoms with Crippen molar-refractivity contribution in [2.75, 3.05) is 5.43 Å². The monoisotopic (exact) mass is 260 g/mol. The third-order valence-electron chi connectivity index (χ3n) is 1.82. The Kier molecular flexibility index (Phi) is 4.58. The van der Waals surface area contributed by atoms with E-state index in [1.54, 1.807) is 25.1 Å². The summed E-state index contributed by atoms with van der Waals surface area (Å²) >= 11 is 11.6. The fourth-order valence-corrected chi connectivity index (χ4v) is 1.32. The lowest BCUT2D eigenvalue weighted by Gasteiger charge is -2.04. The zero-order chi connectivity index (χ0) is 12.1. The van der Waals surface area contributed by atoms with E-state index in [1.165, 1.54) is 0 Å². The van der Waals surface area contributed by atoms with Crippen molar-refractivity contribution >= 4 is 40.6 Å². The first-order valence-corrected chi connectivity index (χ1v) is 5.31. The number of aliphatic carboxylic acids is 1. The maximum absolute atomic E-state index is 10.7. The highest BCUT2D eigenvalue weighted by molar-refractivity contribution is 6.36. The van der Waals surface area contributed by atoms with Crippen molar-refractivity contribution in [3.63, 3.8) is 0 Å². The summed E-state index contributed by atoms with van der Waals surface area (Å²) in [5.74, 6) is -1.06. The van der Waals surface area contributed by atoms with E-state index in [9.17, 15) is 4.79 Å². The molecule has 0 aromatic heterocycles. The number of hydrogen-bond acceptors (Lipinski definition) is 3. The third kappa shape index (κ3) is 3.40. The van der Waals surface area contributed by atoms with Crippen LogP contribution in [0.25, 0.3) is 0 Å². The van der Waals surface area contributed by atoms with E-state index in [-0.39, 0.29) is 5.71 Å². The minimum absolute atomic E-state index is 0.0241. The summed E-state index contributed by atoms with van der Waals surface area (Å²) < 4.78 is 0. The van der Waals surface area contributed by atoms with Gasteiger partial charge in [0.05, 0.1) is 10.7 Å². The molecule has 0 bridgehead atoms. The van der Waals surface area contributed by atoms with Crippen LogP contribution < -0.4 is 5.43 Å². The predicted molar refractivity (Wildman–Crippen MR) is 65.4 cm³/mol. The van der Waals surface area contributed by atoms with Gasteiger partial charge in [-0.2, -0.15) is 5.10 Å². The van der Waals surface area contributed by atoms with Gasteiger partial charge in [0.15, 0.2) is 0 Å². The first-order valence-electron chi connectivity index (χ1n) is 4.55. The second-order valence-corrected chi connectivity index (χ2v) is 3.80. The maximum atomic E-state index is 10.7. The van der Waals surface area contributed by atoms with E-state index in [2.05, 4.69) is 10.5 Å². The van der Waals surface area contributed by atoms with Crippen LogP contribution in [0.3, 0.4) is 0 Å². The number of rotatable bonds is 4. The molecule has 0 aliphatic heterocycles. The zero-order valence-corrected chi connectivity index (χ0v) is 10.0. The first kappa shape index (κ1) is 12.8. The van der Waals surface area contributed by atoms with Crippen LogP contribution in [0.4, 0.5) is 5.69 Å². The Hall–Kier alpha value is -1.26. The molecule has 0 radical (unpaired) electrons. The van der Waals surface area contributed by atoms with Crippen LogP contribution in [-0.4, -0.2) is 16.8 Å². The highest BCUT2D eigenvalue weighted by atomic mass is 35.5. The van der Waals surface area contributed by atoms with Gasteiger partial charge in [-0.05, 0) is 24.6 Å². The number of carboxylic acids is 1. The number of nitrogens with zero attached hydrogens (tertiary/aromatic N) is 1. The Labute approximate surface area is 103 Å². The molecule has 4 nitrogen and oxygen atoms in total. The van der Waals surface area contributed by atoms with Crippen molar-refractivity contribution in [2.24, 2.45) is 5.10 Å². The van der Waals surface area contributed by atoms with Gasteiger partial charge in [0.25, 0.3) is 0 Å². The molecular formula is C10H10Cl2N2O2. The third-order valence-corrected chi connectivity index (χ3v) is 2.39. The van der Waals surface area contributed by atoms with E-state index < -0.39 is 5.97 Å². The van der Waals surface area contributed by atoms with E-state index in [0.717, 1.165) is 0 Å². The number of nitrogens with one attached hydrogen (secondary N) is 1. The highest BCUT2D eigenvalue weighted by Crippen LogP contribution is 2.25. The normalized spacial score (nSPS) is 11.3. The molecule has 2 N–H and O–H groups in total. The van der Waals surface area contributed by atoms with Crippen molar-refractivity contribution in [2.45, 2.75) is 13.3 Å². The molecule has 0 saturated carbocycles. The number of hydrogen-bond donors (Lipinski definition) is 2. The lowest BCUT2D eigenvalue weighted by atomic mass is 10.3. The Morgan fingerprint density at radius 1 is 1.50 bits per heavy atom. The van der Waals surface area contributed by atoms with Crippen molar-refractivity contribution in [1.29, 1.82) is 0 Å². The van der Waals surface area contributed by atoms with Crippen LogP contribution >= 0.6 is 23.2 Å². The molecule has 0 amide bonds. The van der Waals surface area contributed by atoms with Gasteiger partial charge in [-0.25, -0.2) is 4.79 Å². The molecule has 0 saturated heterocycles. The van der Waals surface area contributed by atoms with Crippen molar-refractivity contribution in [3.05, 3.63) is 28.2 Å². The molecule has 0 aliphatic carbocycles. The molecule has 1 aromatic carbocycles. The highest BCUT2D eigenvalue weighted by Gasteiger charge is 2.06. The van der Waals surface area contributed by atoms with Crippen LogP contribution in [0.1, 0.15) is 13.3 Å². The van der Waals surface area contributed by atoms with E-state index in [0.29, 0.717) is 22.2 Å². The van der Waals surface area contributed by atoms with Gasteiger partial charge in [-0.3, -0.25) is 5.43 Å². The molecule has 86 valence electrons. The molecule has 0 atom stereocenters. The van der Waals surface area contributed by atoms with Crippen molar-refractivity contribution in [1.82, 2.24) is 0 Å². The number of anilines is 1. The van der Waals surface area contributed by atoms with Gasteiger partial charge in [-0.15, -0.1) is 0 Å². The summed E-state index contributed by atoms with van der Waals surface area (Å²) in [7, 11) is 0. The summed E-state index contributed by atoms with van der Waals surface area (Å²) in [4.78, 5) is 10.7. The Morgan fingerprint density at radius 3 is 2.75 bits per heavy atom.